The molecule has 7 nitrogen and oxygen atoms in total. The Labute approximate surface area is 174 Å². The molecule has 0 spiro atoms. The Morgan fingerprint density at radius 3 is 2.80 bits per heavy atom. The molecule has 0 saturated carbocycles. The summed E-state index contributed by atoms with van der Waals surface area (Å²) in [4.78, 5) is 27.0. The van der Waals surface area contributed by atoms with Crippen LogP contribution in [-0.4, -0.2) is 41.4 Å². The summed E-state index contributed by atoms with van der Waals surface area (Å²) in [5.41, 5.74) is 1.60. The molecular weight excluding hydrogens is 382 g/mol. The highest BCUT2D eigenvalue weighted by Crippen LogP contribution is 2.39. The van der Waals surface area contributed by atoms with E-state index in [1.165, 1.54) is 6.20 Å². The zero-order valence-corrected chi connectivity index (χ0v) is 17.2. The van der Waals surface area contributed by atoms with Gasteiger partial charge in [-0.15, -0.1) is 0 Å². The van der Waals surface area contributed by atoms with Crippen molar-refractivity contribution in [3.05, 3.63) is 64.4 Å². The normalized spacial score (nSPS) is 16.1. The fourth-order valence-electron chi connectivity index (χ4n) is 4.17. The summed E-state index contributed by atoms with van der Waals surface area (Å²) in [6, 6.07) is 13.0. The van der Waals surface area contributed by atoms with Gasteiger partial charge in [0.1, 0.15) is 11.5 Å². The zero-order valence-electron chi connectivity index (χ0n) is 17.2. The quantitative estimate of drug-likeness (QED) is 0.628. The number of ether oxygens (including phenoxy) is 2. The van der Waals surface area contributed by atoms with Gasteiger partial charge in [0.25, 0.3) is 0 Å². The number of nitrogens with zero attached hydrogens (tertiary/aromatic N) is 3. The predicted octanol–water partition coefficient (Wildman–Crippen LogP) is 3.17. The van der Waals surface area contributed by atoms with Crippen LogP contribution in [0.25, 0.3) is 10.9 Å². The number of hydrogen-bond donors (Lipinski definition) is 0. The zero-order chi connectivity index (χ0) is 21.1. The predicted molar refractivity (Wildman–Crippen MR) is 114 cm³/mol. The van der Waals surface area contributed by atoms with Gasteiger partial charge in [-0.05, 0) is 43.2 Å². The van der Waals surface area contributed by atoms with Crippen LogP contribution in [-0.2, 0) is 11.3 Å². The standard InChI is InChI=1S/C23H25N3O4/c1-29-16-9-10-22(30-2)18(14-16)19-8-5-12-25(19)23(28)11-13-26-20-7-4-3-6-17(20)21(27)15-24-26/h3-4,6-7,9-10,14-15,19H,5,8,11-13H2,1-2H3/t19-/m1/s1. The number of likely N-dealkylation sites (tertiary alicyclic amines) is 1. The monoisotopic (exact) mass is 407 g/mol. The van der Waals surface area contributed by atoms with Crippen LogP contribution in [0.4, 0.5) is 0 Å². The van der Waals surface area contributed by atoms with E-state index in [0.29, 0.717) is 24.9 Å². The van der Waals surface area contributed by atoms with Crippen LogP contribution in [0.1, 0.15) is 30.9 Å². The van der Waals surface area contributed by atoms with Crippen molar-refractivity contribution in [2.75, 3.05) is 20.8 Å². The van der Waals surface area contributed by atoms with Crippen molar-refractivity contribution >= 4 is 16.8 Å². The Morgan fingerprint density at radius 2 is 2.00 bits per heavy atom. The maximum Gasteiger partial charge on any atom is 0.224 e. The number of aryl methyl sites for hydroxylation is 1. The topological polar surface area (TPSA) is 73.7 Å². The summed E-state index contributed by atoms with van der Waals surface area (Å²) in [6.07, 6.45) is 3.44. The third-order valence-electron chi connectivity index (χ3n) is 5.67. The molecule has 0 N–H and O–H groups in total. The number of hydrogen-bond acceptors (Lipinski definition) is 5. The number of carbonyl (C=O) groups excluding carboxylic acids is 1. The third-order valence-corrected chi connectivity index (χ3v) is 5.67. The van der Waals surface area contributed by atoms with Gasteiger partial charge in [-0.1, -0.05) is 12.1 Å². The van der Waals surface area contributed by atoms with E-state index in [-0.39, 0.29) is 17.4 Å². The first-order valence-electron chi connectivity index (χ1n) is 10.1. The lowest BCUT2D eigenvalue weighted by Gasteiger charge is -2.27. The Morgan fingerprint density at radius 1 is 1.17 bits per heavy atom. The van der Waals surface area contributed by atoms with Crippen LogP contribution in [0.5, 0.6) is 11.5 Å². The fourth-order valence-corrected chi connectivity index (χ4v) is 4.17. The highest BCUT2D eigenvalue weighted by molar-refractivity contribution is 5.79. The Balaban J connectivity index is 1.54. The molecule has 2 aromatic carbocycles. The van der Waals surface area contributed by atoms with E-state index in [1.807, 2.05) is 41.3 Å². The van der Waals surface area contributed by atoms with E-state index >= 15 is 0 Å². The molecule has 4 rings (SSSR count). The van der Waals surface area contributed by atoms with Crippen LogP contribution in [0.2, 0.25) is 0 Å². The number of para-hydroxylation sites is 1. The molecule has 7 heteroatoms. The Bertz CT molecular complexity index is 1120. The second-order valence-corrected chi connectivity index (χ2v) is 7.35. The molecule has 0 unspecified atom stereocenters. The molecule has 1 saturated heterocycles. The molecule has 1 amide bonds. The lowest BCUT2D eigenvalue weighted by molar-refractivity contribution is -0.132. The molecule has 2 heterocycles. The first kappa shape index (κ1) is 19.9. The smallest absolute Gasteiger partial charge is 0.224 e. The van der Waals surface area contributed by atoms with Gasteiger partial charge in [0.2, 0.25) is 11.3 Å². The van der Waals surface area contributed by atoms with Gasteiger partial charge >= 0.3 is 0 Å². The van der Waals surface area contributed by atoms with Crippen LogP contribution < -0.4 is 14.9 Å². The average molecular weight is 407 g/mol. The Hall–Kier alpha value is -3.35. The minimum atomic E-state index is -0.113. The van der Waals surface area contributed by atoms with E-state index in [1.54, 1.807) is 25.0 Å². The summed E-state index contributed by atoms with van der Waals surface area (Å²) >= 11 is 0. The van der Waals surface area contributed by atoms with Gasteiger partial charge in [0.05, 0.1) is 38.5 Å². The highest BCUT2D eigenvalue weighted by atomic mass is 16.5. The highest BCUT2D eigenvalue weighted by Gasteiger charge is 2.32. The summed E-state index contributed by atoms with van der Waals surface area (Å²) in [5, 5.41) is 4.84. The molecule has 1 fully saturated rings. The number of methoxy groups -OCH3 is 2. The first-order chi connectivity index (χ1) is 14.6. The largest absolute Gasteiger partial charge is 0.497 e. The van der Waals surface area contributed by atoms with Crippen LogP contribution in [0.15, 0.2) is 53.5 Å². The molecule has 3 aromatic rings. The number of fused-ring (bicyclic) bond motifs is 1. The molecule has 30 heavy (non-hydrogen) atoms. The van der Waals surface area contributed by atoms with Crippen molar-refractivity contribution in [2.24, 2.45) is 0 Å². The van der Waals surface area contributed by atoms with E-state index in [9.17, 15) is 9.59 Å². The summed E-state index contributed by atoms with van der Waals surface area (Å²) in [7, 11) is 3.27. The van der Waals surface area contributed by atoms with Gasteiger partial charge in [-0.25, -0.2) is 0 Å². The van der Waals surface area contributed by atoms with Crippen molar-refractivity contribution in [1.29, 1.82) is 0 Å². The van der Waals surface area contributed by atoms with Gasteiger partial charge in [0, 0.05) is 23.9 Å². The summed E-state index contributed by atoms with van der Waals surface area (Å²) < 4.78 is 12.6. The van der Waals surface area contributed by atoms with Crippen molar-refractivity contribution in [3.63, 3.8) is 0 Å². The lowest BCUT2D eigenvalue weighted by Crippen LogP contribution is -2.31. The molecular formula is C23H25N3O4. The van der Waals surface area contributed by atoms with Crippen molar-refractivity contribution in [1.82, 2.24) is 14.7 Å². The van der Waals surface area contributed by atoms with Crippen LogP contribution in [0, 0.1) is 0 Å². The van der Waals surface area contributed by atoms with E-state index < -0.39 is 0 Å². The number of rotatable bonds is 6. The maximum absolute atomic E-state index is 13.1. The minimum Gasteiger partial charge on any atom is -0.497 e. The molecule has 1 aliphatic heterocycles. The number of benzene rings is 2. The average Bonchev–Trinajstić information content (AvgIpc) is 3.28. The summed E-state index contributed by atoms with van der Waals surface area (Å²) in [5.74, 6) is 1.56. The fraction of sp³-hybridized carbons (Fsp3) is 0.348. The number of carbonyl (C=O) groups is 1. The molecule has 0 radical (unpaired) electrons. The second-order valence-electron chi connectivity index (χ2n) is 7.35. The van der Waals surface area contributed by atoms with Crippen LogP contribution in [0.3, 0.4) is 0 Å². The first-order valence-corrected chi connectivity index (χ1v) is 10.1. The Kier molecular flexibility index (Phi) is 5.70. The van der Waals surface area contributed by atoms with Gasteiger partial charge in [-0.2, -0.15) is 5.10 Å². The van der Waals surface area contributed by atoms with Crippen LogP contribution >= 0.6 is 0 Å². The van der Waals surface area contributed by atoms with E-state index in [2.05, 4.69) is 5.10 Å². The van der Waals surface area contributed by atoms with E-state index in [0.717, 1.165) is 35.4 Å². The SMILES string of the molecule is COc1ccc(OC)c([C@H]2CCCN2C(=O)CCn2ncc(=O)c3ccccc32)c1. The van der Waals surface area contributed by atoms with Crippen molar-refractivity contribution < 1.29 is 14.3 Å². The molecule has 156 valence electrons. The molecule has 1 aliphatic rings. The summed E-state index contributed by atoms with van der Waals surface area (Å²) in [6.45, 7) is 1.13. The lowest BCUT2D eigenvalue weighted by atomic mass is 10.0. The minimum absolute atomic E-state index is 0.0405. The third kappa shape index (κ3) is 3.75. The van der Waals surface area contributed by atoms with Gasteiger partial charge < -0.3 is 14.4 Å². The molecule has 1 aromatic heterocycles. The molecule has 0 aliphatic carbocycles. The van der Waals surface area contributed by atoms with Gasteiger partial charge in [0.15, 0.2) is 0 Å². The molecule has 0 bridgehead atoms. The van der Waals surface area contributed by atoms with Gasteiger partial charge in [-0.3, -0.25) is 14.3 Å². The molecule has 1 atom stereocenters. The number of aromatic nitrogens is 2. The number of amides is 1. The second kappa shape index (κ2) is 8.57. The van der Waals surface area contributed by atoms with E-state index in [4.69, 9.17) is 9.47 Å². The van der Waals surface area contributed by atoms with Crippen molar-refractivity contribution in [3.8, 4) is 11.5 Å². The van der Waals surface area contributed by atoms with Crippen molar-refractivity contribution in [2.45, 2.75) is 31.8 Å². The maximum atomic E-state index is 13.1.